The SMILES string of the molecule is Cc1cccc(-c2nc(CC(=O)Nc3cc(C(F)(F)F)ccc3-n3cncn3)cs2)c1. The topological polar surface area (TPSA) is 72.7 Å². The minimum atomic E-state index is -4.54. The maximum Gasteiger partial charge on any atom is 0.416 e. The van der Waals surface area contributed by atoms with Gasteiger partial charge in [0.05, 0.1) is 29.1 Å². The van der Waals surface area contributed by atoms with E-state index in [0.717, 1.165) is 28.3 Å². The molecule has 6 nitrogen and oxygen atoms in total. The van der Waals surface area contributed by atoms with Gasteiger partial charge in [0.1, 0.15) is 17.7 Å². The molecule has 0 saturated heterocycles. The smallest absolute Gasteiger partial charge is 0.324 e. The molecule has 0 unspecified atom stereocenters. The molecule has 0 fully saturated rings. The molecule has 158 valence electrons. The minimum Gasteiger partial charge on any atom is -0.324 e. The van der Waals surface area contributed by atoms with Gasteiger partial charge in [-0.15, -0.1) is 11.3 Å². The van der Waals surface area contributed by atoms with E-state index in [9.17, 15) is 18.0 Å². The summed E-state index contributed by atoms with van der Waals surface area (Å²) in [6.07, 6.45) is -2.02. The molecule has 1 amide bonds. The van der Waals surface area contributed by atoms with Gasteiger partial charge in [-0.3, -0.25) is 4.79 Å². The van der Waals surface area contributed by atoms with Crippen LogP contribution in [-0.2, 0) is 17.4 Å². The third-order valence-corrected chi connectivity index (χ3v) is 5.36. The van der Waals surface area contributed by atoms with Gasteiger partial charge in [0.15, 0.2) is 0 Å². The van der Waals surface area contributed by atoms with Crippen molar-refractivity contribution in [1.82, 2.24) is 19.7 Å². The Morgan fingerprint density at radius 2 is 2.03 bits per heavy atom. The minimum absolute atomic E-state index is 0.0144. The molecule has 10 heteroatoms. The number of aryl methyl sites for hydroxylation is 1. The predicted molar refractivity (Wildman–Crippen MR) is 111 cm³/mol. The fraction of sp³-hybridized carbons (Fsp3) is 0.143. The van der Waals surface area contributed by atoms with Crippen LogP contribution in [0.15, 0.2) is 60.5 Å². The normalized spacial score (nSPS) is 11.5. The summed E-state index contributed by atoms with van der Waals surface area (Å²) in [5.41, 5.74) is 1.97. The van der Waals surface area contributed by atoms with Crippen LogP contribution in [0, 0.1) is 6.92 Å². The van der Waals surface area contributed by atoms with Crippen LogP contribution in [0.3, 0.4) is 0 Å². The lowest BCUT2D eigenvalue weighted by molar-refractivity contribution is -0.137. The lowest BCUT2D eigenvalue weighted by atomic mass is 10.1. The van der Waals surface area contributed by atoms with Crippen molar-refractivity contribution in [3.05, 3.63) is 77.3 Å². The Kier molecular flexibility index (Phi) is 5.55. The Balaban J connectivity index is 1.56. The number of carbonyl (C=O) groups excluding carboxylic acids is 1. The zero-order chi connectivity index (χ0) is 22.0. The number of hydrogen-bond donors (Lipinski definition) is 1. The van der Waals surface area contributed by atoms with Gasteiger partial charge in [0, 0.05) is 10.9 Å². The van der Waals surface area contributed by atoms with Crippen molar-refractivity contribution in [2.24, 2.45) is 0 Å². The monoisotopic (exact) mass is 443 g/mol. The van der Waals surface area contributed by atoms with Crippen molar-refractivity contribution < 1.29 is 18.0 Å². The molecule has 0 aliphatic carbocycles. The van der Waals surface area contributed by atoms with Crippen LogP contribution in [0.5, 0.6) is 0 Å². The number of nitrogens with zero attached hydrogens (tertiary/aromatic N) is 4. The van der Waals surface area contributed by atoms with E-state index in [4.69, 9.17) is 0 Å². The predicted octanol–water partition coefficient (Wildman–Crippen LogP) is 4.90. The number of halogens is 3. The van der Waals surface area contributed by atoms with E-state index < -0.39 is 17.6 Å². The van der Waals surface area contributed by atoms with Crippen LogP contribution in [-0.4, -0.2) is 25.7 Å². The molecule has 4 aromatic rings. The highest BCUT2D eigenvalue weighted by molar-refractivity contribution is 7.13. The number of rotatable bonds is 5. The molecule has 2 heterocycles. The zero-order valence-corrected chi connectivity index (χ0v) is 17.0. The second-order valence-corrected chi connectivity index (χ2v) is 7.67. The van der Waals surface area contributed by atoms with Crippen molar-refractivity contribution in [1.29, 1.82) is 0 Å². The molecule has 0 bridgehead atoms. The van der Waals surface area contributed by atoms with Crippen LogP contribution in [0.2, 0.25) is 0 Å². The van der Waals surface area contributed by atoms with Crippen LogP contribution < -0.4 is 5.32 Å². The Hall–Kier alpha value is -3.53. The van der Waals surface area contributed by atoms with Crippen LogP contribution >= 0.6 is 11.3 Å². The van der Waals surface area contributed by atoms with Crippen molar-refractivity contribution in [3.63, 3.8) is 0 Å². The number of nitrogens with one attached hydrogen (secondary N) is 1. The second-order valence-electron chi connectivity index (χ2n) is 6.81. The fourth-order valence-corrected chi connectivity index (χ4v) is 3.82. The number of anilines is 1. The van der Waals surface area contributed by atoms with E-state index in [-0.39, 0.29) is 17.8 Å². The van der Waals surface area contributed by atoms with Gasteiger partial charge in [-0.25, -0.2) is 14.6 Å². The summed E-state index contributed by atoms with van der Waals surface area (Å²) >= 11 is 1.40. The van der Waals surface area contributed by atoms with Gasteiger partial charge in [-0.2, -0.15) is 18.3 Å². The number of amides is 1. The highest BCUT2D eigenvalue weighted by atomic mass is 32.1. The summed E-state index contributed by atoms with van der Waals surface area (Å²) in [6.45, 7) is 1.98. The van der Waals surface area contributed by atoms with Gasteiger partial charge >= 0.3 is 6.18 Å². The molecule has 0 spiro atoms. The van der Waals surface area contributed by atoms with Gasteiger partial charge in [0.25, 0.3) is 0 Å². The zero-order valence-electron chi connectivity index (χ0n) is 16.2. The Morgan fingerprint density at radius 1 is 1.19 bits per heavy atom. The second kappa shape index (κ2) is 8.31. The average Bonchev–Trinajstić information content (AvgIpc) is 3.39. The van der Waals surface area contributed by atoms with Crippen molar-refractivity contribution in [2.45, 2.75) is 19.5 Å². The summed E-state index contributed by atoms with van der Waals surface area (Å²) in [6, 6.07) is 10.9. The first-order valence-corrected chi connectivity index (χ1v) is 10.0. The average molecular weight is 443 g/mol. The Bertz CT molecular complexity index is 1220. The first kappa shape index (κ1) is 20.7. The van der Waals surface area contributed by atoms with Crippen molar-refractivity contribution in [2.75, 3.05) is 5.32 Å². The molecular formula is C21H16F3N5OS. The van der Waals surface area contributed by atoms with E-state index >= 15 is 0 Å². The number of hydrogen-bond acceptors (Lipinski definition) is 5. The Morgan fingerprint density at radius 3 is 2.74 bits per heavy atom. The molecule has 31 heavy (non-hydrogen) atoms. The molecule has 0 radical (unpaired) electrons. The first-order valence-electron chi connectivity index (χ1n) is 9.17. The quantitative estimate of drug-likeness (QED) is 0.476. The molecule has 2 aromatic heterocycles. The molecule has 1 N–H and O–H groups in total. The number of thiazole rings is 1. The molecule has 0 aliphatic rings. The maximum atomic E-state index is 13.2. The Labute approximate surface area is 179 Å². The molecule has 0 aliphatic heterocycles. The molecular weight excluding hydrogens is 427 g/mol. The summed E-state index contributed by atoms with van der Waals surface area (Å²) in [5, 5.41) is 9.03. The first-order chi connectivity index (χ1) is 14.8. The summed E-state index contributed by atoms with van der Waals surface area (Å²) in [4.78, 5) is 20.9. The van der Waals surface area contributed by atoms with Crippen molar-refractivity contribution >= 4 is 22.9 Å². The van der Waals surface area contributed by atoms with Gasteiger partial charge in [-0.05, 0) is 31.2 Å². The summed E-state index contributed by atoms with van der Waals surface area (Å²) in [5.74, 6) is -0.484. The van der Waals surface area contributed by atoms with E-state index in [0.29, 0.717) is 5.69 Å². The lowest BCUT2D eigenvalue weighted by Crippen LogP contribution is -2.17. The van der Waals surface area contributed by atoms with E-state index in [2.05, 4.69) is 20.4 Å². The maximum absolute atomic E-state index is 13.2. The van der Waals surface area contributed by atoms with E-state index in [1.54, 1.807) is 5.38 Å². The highest BCUT2D eigenvalue weighted by Crippen LogP contribution is 2.33. The van der Waals surface area contributed by atoms with Crippen molar-refractivity contribution in [3.8, 4) is 16.3 Å². The summed E-state index contributed by atoms with van der Waals surface area (Å²) in [7, 11) is 0. The summed E-state index contributed by atoms with van der Waals surface area (Å²) < 4.78 is 40.8. The third kappa shape index (κ3) is 4.80. The van der Waals surface area contributed by atoms with Crippen LogP contribution in [0.25, 0.3) is 16.3 Å². The van der Waals surface area contributed by atoms with E-state index in [1.807, 2.05) is 31.2 Å². The number of alkyl halides is 3. The molecule has 2 aromatic carbocycles. The molecule has 0 atom stereocenters. The van der Waals surface area contributed by atoms with Crippen LogP contribution in [0.1, 0.15) is 16.8 Å². The van der Waals surface area contributed by atoms with E-state index in [1.165, 1.54) is 34.7 Å². The standard InChI is InChI=1S/C21H16F3N5OS/c1-13-3-2-4-14(7-13)20-27-16(10-31-20)9-19(30)28-17-8-15(21(22,23)24)5-6-18(17)29-12-25-11-26-29/h2-8,10-12H,9H2,1H3,(H,28,30). The molecule has 0 saturated carbocycles. The van der Waals surface area contributed by atoms with Gasteiger partial charge in [-0.1, -0.05) is 23.8 Å². The lowest BCUT2D eigenvalue weighted by Gasteiger charge is -2.14. The van der Waals surface area contributed by atoms with Crippen LogP contribution in [0.4, 0.5) is 18.9 Å². The largest absolute Gasteiger partial charge is 0.416 e. The number of benzene rings is 2. The number of carbonyl (C=O) groups is 1. The number of aromatic nitrogens is 4. The van der Waals surface area contributed by atoms with Gasteiger partial charge < -0.3 is 5.32 Å². The third-order valence-electron chi connectivity index (χ3n) is 4.42. The molecule has 4 rings (SSSR count). The highest BCUT2D eigenvalue weighted by Gasteiger charge is 2.31. The van der Waals surface area contributed by atoms with Gasteiger partial charge in [0.2, 0.25) is 5.91 Å². The fourth-order valence-electron chi connectivity index (χ4n) is 3.00.